The number of ketones is 1. The number of benzene rings is 2. The Balaban J connectivity index is 2.34. The molecule has 92 valence electrons. The van der Waals surface area contributed by atoms with Crippen LogP contribution in [0.25, 0.3) is 0 Å². The first-order valence-corrected chi connectivity index (χ1v) is 6.02. The van der Waals surface area contributed by atoms with Crippen LogP contribution in [0, 0.1) is 6.92 Å². The van der Waals surface area contributed by atoms with Gasteiger partial charge in [0.15, 0.2) is 5.78 Å². The van der Waals surface area contributed by atoms with Crippen LogP contribution in [-0.2, 0) is 6.42 Å². The standard InChI is InChI=1S/C16H16O2/c1-12-5-2-3-8-15(12)16(18)14-7-4-6-13(11-14)9-10-17/h2-8,11,17H,9-10H2,1H3. The Morgan fingerprint density at radius 1 is 1.11 bits per heavy atom. The summed E-state index contributed by atoms with van der Waals surface area (Å²) in [6.07, 6.45) is 0.578. The van der Waals surface area contributed by atoms with Crippen molar-refractivity contribution in [3.8, 4) is 0 Å². The lowest BCUT2D eigenvalue weighted by Gasteiger charge is -2.06. The van der Waals surface area contributed by atoms with Crippen LogP contribution < -0.4 is 0 Å². The van der Waals surface area contributed by atoms with Crippen molar-refractivity contribution in [3.63, 3.8) is 0 Å². The van der Waals surface area contributed by atoms with E-state index in [1.165, 1.54) is 0 Å². The molecule has 2 aromatic carbocycles. The van der Waals surface area contributed by atoms with Gasteiger partial charge in [-0.2, -0.15) is 0 Å². The molecule has 0 spiro atoms. The molecule has 0 heterocycles. The zero-order valence-corrected chi connectivity index (χ0v) is 10.4. The molecule has 0 atom stereocenters. The van der Waals surface area contributed by atoms with E-state index in [0.717, 1.165) is 16.7 Å². The molecule has 0 bridgehead atoms. The van der Waals surface area contributed by atoms with Crippen LogP contribution in [0.15, 0.2) is 48.5 Å². The van der Waals surface area contributed by atoms with Crippen LogP contribution in [0.4, 0.5) is 0 Å². The van der Waals surface area contributed by atoms with Gasteiger partial charge < -0.3 is 5.11 Å². The lowest BCUT2D eigenvalue weighted by molar-refractivity contribution is 0.103. The summed E-state index contributed by atoms with van der Waals surface area (Å²) < 4.78 is 0. The fraction of sp³-hybridized carbons (Fsp3) is 0.188. The van der Waals surface area contributed by atoms with E-state index in [2.05, 4.69) is 0 Å². The molecule has 0 fully saturated rings. The molecule has 0 aliphatic heterocycles. The highest BCUT2D eigenvalue weighted by Gasteiger charge is 2.11. The molecule has 2 aromatic rings. The molecule has 0 aliphatic rings. The number of carbonyl (C=O) groups excluding carboxylic acids is 1. The highest BCUT2D eigenvalue weighted by atomic mass is 16.2. The second-order valence-corrected chi connectivity index (χ2v) is 4.32. The number of hydrogen-bond acceptors (Lipinski definition) is 2. The van der Waals surface area contributed by atoms with E-state index in [1.807, 2.05) is 55.5 Å². The molecule has 1 N–H and O–H groups in total. The van der Waals surface area contributed by atoms with E-state index >= 15 is 0 Å². The SMILES string of the molecule is Cc1ccccc1C(=O)c1cccc(CCO)c1. The number of hydrogen-bond donors (Lipinski definition) is 1. The van der Waals surface area contributed by atoms with Crippen LogP contribution in [0.5, 0.6) is 0 Å². The molecular formula is C16H16O2. The number of aliphatic hydroxyl groups is 1. The van der Waals surface area contributed by atoms with Crippen molar-refractivity contribution >= 4 is 5.78 Å². The Morgan fingerprint density at radius 2 is 1.89 bits per heavy atom. The number of carbonyl (C=O) groups is 1. The molecule has 0 amide bonds. The minimum Gasteiger partial charge on any atom is -0.396 e. The van der Waals surface area contributed by atoms with Crippen molar-refractivity contribution in [3.05, 3.63) is 70.8 Å². The third-order valence-corrected chi connectivity index (χ3v) is 2.98. The molecule has 2 heteroatoms. The highest BCUT2D eigenvalue weighted by Crippen LogP contribution is 2.15. The van der Waals surface area contributed by atoms with Crippen LogP contribution >= 0.6 is 0 Å². The number of aliphatic hydroxyl groups excluding tert-OH is 1. The molecular weight excluding hydrogens is 224 g/mol. The average molecular weight is 240 g/mol. The first kappa shape index (κ1) is 12.5. The van der Waals surface area contributed by atoms with Crippen molar-refractivity contribution in [2.75, 3.05) is 6.61 Å². The van der Waals surface area contributed by atoms with Gasteiger partial charge in [0, 0.05) is 17.7 Å². The third-order valence-electron chi connectivity index (χ3n) is 2.98. The molecule has 0 saturated heterocycles. The number of aryl methyl sites for hydroxylation is 1. The molecule has 0 saturated carbocycles. The van der Waals surface area contributed by atoms with E-state index in [4.69, 9.17) is 5.11 Å². The fourth-order valence-corrected chi connectivity index (χ4v) is 1.98. The van der Waals surface area contributed by atoms with Gasteiger partial charge in [0.2, 0.25) is 0 Å². The second-order valence-electron chi connectivity index (χ2n) is 4.32. The van der Waals surface area contributed by atoms with Gasteiger partial charge in [-0.25, -0.2) is 0 Å². The van der Waals surface area contributed by atoms with Gasteiger partial charge in [-0.1, -0.05) is 42.5 Å². The Bertz CT molecular complexity index is 559. The summed E-state index contributed by atoms with van der Waals surface area (Å²) in [5.74, 6) is 0.0351. The summed E-state index contributed by atoms with van der Waals surface area (Å²) in [6, 6.07) is 15.0. The van der Waals surface area contributed by atoms with Crippen molar-refractivity contribution in [1.29, 1.82) is 0 Å². The van der Waals surface area contributed by atoms with Crippen molar-refractivity contribution < 1.29 is 9.90 Å². The van der Waals surface area contributed by atoms with Crippen LogP contribution in [0.1, 0.15) is 27.0 Å². The average Bonchev–Trinajstić information content (AvgIpc) is 2.39. The Morgan fingerprint density at radius 3 is 2.61 bits per heavy atom. The number of rotatable bonds is 4. The third kappa shape index (κ3) is 2.66. The lowest BCUT2D eigenvalue weighted by Crippen LogP contribution is -2.04. The fourth-order valence-electron chi connectivity index (χ4n) is 1.98. The molecule has 0 aromatic heterocycles. The summed E-state index contributed by atoms with van der Waals surface area (Å²) in [6.45, 7) is 2.03. The second kappa shape index (κ2) is 5.61. The minimum absolute atomic E-state index is 0.0351. The molecule has 18 heavy (non-hydrogen) atoms. The normalized spacial score (nSPS) is 10.3. The monoisotopic (exact) mass is 240 g/mol. The summed E-state index contributed by atoms with van der Waals surface area (Å²) in [5, 5.41) is 8.93. The zero-order chi connectivity index (χ0) is 13.0. The van der Waals surface area contributed by atoms with Crippen LogP contribution in [0.2, 0.25) is 0 Å². The van der Waals surface area contributed by atoms with E-state index in [9.17, 15) is 4.79 Å². The molecule has 0 radical (unpaired) electrons. The predicted molar refractivity (Wildman–Crippen MR) is 71.8 cm³/mol. The summed E-state index contributed by atoms with van der Waals surface area (Å²) >= 11 is 0. The van der Waals surface area contributed by atoms with E-state index < -0.39 is 0 Å². The van der Waals surface area contributed by atoms with E-state index in [0.29, 0.717) is 12.0 Å². The maximum Gasteiger partial charge on any atom is 0.193 e. The van der Waals surface area contributed by atoms with Crippen molar-refractivity contribution in [2.45, 2.75) is 13.3 Å². The Kier molecular flexibility index (Phi) is 3.90. The highest BCUT2D eigenvalue weighted by molar-refractivity contribution is 6.09. The molecule has 0 aliphatic carbocycles. The van der Waals surface area contributed by atoms with Gasteiger partial charge in [0.05, 0.1) is 0 Å². The predicted octanol–water partition coefficient (Wildman–Crippen LogP) is 2.76. The van der Waals surface area contributed by atoms with Gasteiger partial charge in [-0.3, -0.25) is 4.79 Å². The van der Waals surface area contributed by atoms with E-state index in [-0.39, 0.29) is 12.4 Å². The van der Waals surface area contributed by atoms with Gasteiger partial charge in [0.25, 0.3) is 0 Å². The minimum atomic E-state index is 0.0351. The largest absolute Gasteiger partial charge is 0.396 e. The van der Waals surface area contributed by atoms with Gasteiger partial charge in [-0.15, -0.1) is 0 Å². The lowest BCUT2D eigenvalue weighted by atomic mass is 9.97. The molecule has 2 nitrogen and oxygen atoms in total. The topological polar surface area (TPSA) is 37.3 Å². The van der Waals surface area contributed by atoms with Crippen molar-refractivity contribution in [1.82, 2.24) is 0 Å². The Hall–Kier alpha value is -1.93. The zero-order valence-electron chi connectivity index (χ0n) is 10.4. The Labute approximate surface area is 107 Å². The van der Waals surface area contributed by atoms with E-state index in [1.54, 1.807) is 0 Å². The van der Waals surface area contributed by atoms with Gasteiger partial charge in [-0.05, 0) is 30.5 Å². The maximum atomic E-state index is 12.4. The molecule has 0 unspecified atom stereocenters. The smallest absolute Gasteiger partial charge is 0.193 e. The van der Waals surface area contributed by atoms with Gasteiger partial charge in [0.1, 0.15) is 0 Å². The van der Waals surface area contributed by atoms with Gasteiger partial charge >= 0.3 is 0 Å². The summed E-state index contributed by atoms with van der Waals surface area (Å²) in [4.78, 5) is 12.4. The summed E-state index contributed by atoms with van der Waals surface area (Å²) in [7, 11) is 0. The quantitative estimate of drug-likeness (QED) is 0.834. The molecule has 2 rings (SSSR count). The summed E-state index contributed by atoms with van der Waals surface area (Å²) in [5.41, 5.74) is 3.38. The first-order chi connectivity index (χ1) is 8.72. The first-order valence-electron chi connectivity index (χ1n) is 6.02. The maximum absolute atomic E-state index is 12.4. The van der Waals surface area contributed by atoms with Crippen molar-refractivity contribution in [2.24, 2.45) is 0 Å². The van der Waals surface area contributed by atoms with Crippen LogP contribution in [-0.4, -0.2) is 17.5 Å². The van der Waals surface area contributed by atoms with Crippen LogP contribution in [0.3, 0.4) is 0 Å².